The van der Waals surface area contributed by atoms with E-state index in [1.165, 1.54) is 161 Å². The lowest BCUT2D eigenvalue weighted by Gasteiger charge is -2.31. The van der Waals surface area contributed by atoms with Crippen LogP contribution in [-0.2, 0) is 9.59 Å². The van der Waals surface area contributed by atoms with Crippen molar-refractivity contribution >= 4 is 11.8 Å². The molecule has 0 fully saturated rings. The average molecular weight is 645 g/mol. The summed E-state index contributed by atoms with van der Waals surface area (Å²) >= 11 is 0. The Bertz CT molecular complexity index is 731. The summed E-state index contributed by atoms with van der Waals surface area (Å²) < 4.78 is 0. The van der Waals surface area contributed by atoms with E-state index in [1.807, 2.05) is 6.92 Å². The highest BCUT2D eigenvalue weighted by molar-refractivity contribution is 5.90. The number of carbonyl (C=O) groups is 2. The Morgan fingerprint density at radius 1 is 0.478 bits per heavy atom. The van der Waals surface area contributed by atoms with Gasteiger partial charge in [-0.25, -0.2) is 0 Å². The summed E-state index contributed by atoms with van der Waals surface area (Å²) in [6.45, 7) is 6.51. The molecule has 0 aliphatic heterocycles. The number of carbonyl (C=O) groups excluding carboxylic acids is 2. The van der Waals surface area contributed by atoms with Crippen molar-refractivity contribution in [3.05, 3.63) is 24.3 Å². The van der Waals surface area contributed by atoms with Crippen LogP contribution in [0.4, 0.5) is 0 Å². The van der Waals surface area contributed by atoms with Crippen LogP contribution in [0.5, 0.6) is 0 Å². The van der Waals surface area contributed by atoms with Crippen molar-refractivity contribution in [1.82, 2.24) is 5.32 Å². The first-order chi connectivity index (χ1) is 22.5. The summed E-state index contributed by atoms with van der Waals surface area (Å²) in [5.41, 5.74) is 4.94. The number of amides is 2. The Hall–Kier alpha value is -1.58. The molecule has 3 N–H and O–H groups in total. The van der Waals surface area contributed by atoms with Gasteiger partial charge in [0.15, 0.2) is 0 Å². The van der Waals surface area contributed by atoms with E-state index < -0.39 is 5.54 Å². The Kier molecular flexibility index (Phi) is 33.6. The minimum atomic E-state index is -0.887. The molecule has 1 unspecified atom stereocenters. The lowest BCUT2D eigenvalue weighted by Crippen LogP contribution is -2.57. The topological polar surface area (TPSA) is 72.2 Å². The standard InChI is InChI=1S/C42H80N2O2/c1-4-7-9-11-13-15-17-19-21-22-23-25-27-29-31-33-35-37-39-42(6-3,41(43)46)44-40(45)38-36-34-32-30-28-26-24-20-18-16-14-12-10-8-5-2/h19-21,24H,4-18,22-23,25-39H2,1-3H3,(H2,43,46)(H,44,45). The smallest absolute Gasteiger partial charge is 0.243 e. The number of allylic oxidation sites excluding steroid dienone is 4. The third-order valence-electron chi connectivity index (χ3n) is 9.73. The number of hydrogen-bond donors (Lipinski definition) is 2. The predicted molar refractivity (Wildman–Crippen MR) is 203 cm³/mol. The van der Waals surface area contributed by atoms with Crippen LogP contribution in [0.3, 0.4) is 0 Å². The Morgan fingerprint density at radius 3 is 1.15 bits per heavy atom. The predicted octanol–water partition coefficient (Wildman–Crippen LogP) is 13.0. The third-order valence-corrected chi connectivity index (χ3v) is 9.73. The molecule has 0 aromatic heterocycles. The highest BCUT2D eigenvalue weighted by atomic mass is 16.2. The Labute approximate surface area is 288 Å². The van der Waals surface area contributed by atoms with Crippen LogP contribution in [0.25, 0.3) is 0 Å². The molecule has 0 aromatic carbocycles. The van der Waals surface area contributed by atoms with Crippen LogP contribution < -0.4 is 11.1 Å². The lowest BCUT2D eigenvalue weighted by molar-refractivity contribution is -0.132. The van der Waals surface area contributed by atoms with E-state index in [4.69, 9.17) is 5.73 Å². The van der Waals surface area contributed by atoms with Crippen molar-refractivity contribution in [3.8, 4) is 0 Å². The summed E-state index contributed by atoms with van der Waals surface area (Å²) in [7, 11) is 0. The first kappa shape index (κ1) is 44.4. The summed E-state index contributed by atoms with van der Waals surface area (Å²) in [5, 5.41) is 3.06. The van der Waals surface area contributed by atoms with Gasteiger partial charge in [-0.1, -0.05) is 173 Å². The molecule has 0 saturated carbocycles. The van der Waals surface area contributed by atoms with Crippen molar-refractivity contribution < 1.29 is 9.59 Å². The highest BCUT2D eigenvalue weighted by Crippen LogP contribution is 2.21. The van der Waals surface area contributed by atoms with Crippen LogP contribution in [0.2, 0.25) is 0 Å². The van der Waals surface area contributed by atoms with Gasteiger partial charge in [0, 0.05) is 6.42 Å². The van der Waals surface area contributed by atoms with Gasteiger partial charge in [0.25, 0.3) is 0 Å². The molecule has 1 atom stereocenters. The van der Waals surface area contributed by atoms with E-state index in [0.717, 1.165) is 25.7 Å². The normalized spacial score (nSPS) is 13.1. The molecular weight excluding hydrogens is 564 g/mol. The molecule has 0 aliphatic rings. The van der Waals surface area contributed by atoms with Crippen LogP contribution in [0.1, 0.15) is 226 Å². The minimum absolute atomic E-state index is 0.0180. The SMILES string of the molecule is CCCCCCCCC=CCCCCCCCCCCC(CC)(NC(=O)CCCCCCCC=CCCCCCCCC)C(N)=O. The molecule has 4 nitrogen and oxygen atoms in total. The molecule has 0 saturated heterocycles. The van der Waals surface area contributed by atoms with Gasteiger partial charge in [-0.2, -0.15) is 0 Å². The maximum absolute atomic E-state index is 12.7. The fraction of sp³-hybridized carbons (Fsp3) is 0.857. The minimum Gasteiger partial charge on any atom is -0.368 e. The summed E-state index contributed by atoms with van der Waals surface area (Å²) in [6.07, 6.45) is 47.8. The van der Waals surface area contributed by atoms with E-state index in [-0.39, 0.29) is 11.8 Å². The van der Waals surface area contributed by atoms with E-state index in [2.05, 4.69) is 43.5 Å². The van der Waals surface area contributed by atoms with Gasteiger partial charge in [0.1, 0.15) is 5.54 Å². The second-order valence-electron chi connectivity index (χ2n) is 14.1. The van der Waals surface area contributed by atoms with Crippen molar-refractivity contribution in [2.45, 2.75) is 232 Å². The molecule has 0 rings (SSSR count). The van der Waals surface area contributed by atoms with Crippen LogP contribution in [0.15, 0.2) is 24.3 Å². The zero-order chi connectivity index (χ0) is 33.8. The van der Waals surface area contributed by atoms with Gasteiger partial charge >= 0.3 is 0 Å². The molecule has 2 amide bonds. The molecule has 0 radical (unpaired) electrons. The molecule has 0 aromatic rings. The van der Waals surface area contributed by atoms with Gasteiger partial charge in [0.2, 0.25) is 11.8 Å². The second-order valence-corrected chi connectivity index (χ2v) is 14.1. The van der Waals surface area contributed by atoms with E-state index in [9.17, 15) is 9.59 Å². The molecule has 0 aliphatic carbocycles. The first-order valence-corrected chi connectivity index (χ1v) is 20.4. The molecule has 0 bridgehead atoms. The monoisotopic (exact) mass is 645 g/mol. The molecule has 270 valence electrons. The third kappa shape index (κ3) is 28.6. The molecular formula is C42H80N2O2. The van der Waals surface area contributed by atoms with Crippen LogP contribution in [-0.4, -0.2) is 17.4 Å². The van der Waals surface area contributed by atoms with Crippen molar-refractivity contribution in [2.75, 3.05) is 0 Å². The maximum atomic E-state index is 12.7. The Morgan fingerprint density at radius 2 is 0.804 bits per heavy atom. The van der Waals surface area contributed by atoms with Crippen LogP contribution >= 0.6 is 0 Å². The quantitative estimate of drug-likeness (QED) is 0.0526. The van der Waals surface area contributed by atoms with E-state index in [0.29, 0.717) is 19.3 Å². The van der Waals surface area contributed by atoms with Crippen LogP contribution in [0, 0.1) is 0 Å². The van der Waals surface area contributed by atoms with Gasteiger partial charge in [-0.15, -0.1) is 0 Å². The number of primary amides is 1. The number of nitrogens with two attached hydrogens (primary N) is 1. The average Bonchev–Trinajstić information content (AvgIpc) is 3.05. The molecule has 0 heterocycles. The summed E-state index contributed by atoms with van der Waals surface area (Å²) in [4.78, 5) is 25.1. The zero-order valence-electron chi connectivity index (χ0n) is 31.3. The fourth-order valence-electron chi connectivity index (χ4n) is 6.40. The highest BCUT2D eigenvalue weighted by Gasteiger charge is 2.35. The largest absolute Gasteiger partial charge is 0.368 e. The summed E-state index contributed by atoms with van der Waals surface area (Å²) in [5.74, 6) is -0.399. The number of hydrogen-bond acceptors (Lipinski definition) is 2. The van der Waals surface area contributed by atoms with Crippen molar-refractivity contribution in [2.24, 2.45) is 5.73 Å². The van der Waals surface area contributed by atoms with Gasteiger partial charge in [-0.05, 0) is 70.6 Å². The molecule has 0 spiro atoms. The number of nitrogens with one attached hydrogen (secondary N) is 1. The molecule has 4 heteroatoms. The van der Waals surface area contributed by atoms with Crippen molar-refractivity contribution in [1.29, 1.82) is 0 Å². The van der Waals surface area contributed by atoms with E-state index >= 15 is 0 Å². The zero-order valence-corrected chi connectivity index (χ0v) is 31.3. The lowest BCUT2D eigenvalue weighted by atomic mass is 9.88. The second kappa shape index (κ2) is 34.7. The number of unbranched alkanes of at least 4 members (excludes halogenated alkanes) is 25. The fourth-order valence-corrected chi connectivity index (χ4v) is 6.40. The van der Waals surface area contributed by atoms with Crippen molar-refractivity contribution in [3.63, 3.8) is 0 Å². The number of rotatable bonds is 36. The first-order valence-electron chi connectivity index (χ1n) is 20.4. The van der Waals surface area contributed by atoms with E-state index in [1.54, 1.807) is 0 Å². The molecule has 46 heavy (non-hydrogen) atoms. The Balaban J connectivity index is 3.82. The van der Waals surface area contributed by atoms with Gasteiger partial charge in [-0.3, -0.25) is 9.59 Å². The maximum Gasteiger partial charge on any atom is 0.243 e. The summed E-state index contributed by atoms with van der Waals surface area (Å²) in [6, 6.07) is 0. The van der Waals surface area contributed by atoms with Gasteiger partial charge < -0.3 is 11.1 Å². The van der Waals surface area contributed by atoms with Gasteiger partial charge in [0.05, 0.1) is 0 Å².